The number of benzene rings is 2. The van der Waals surface area contributed by atoms with E-state index in [1.807, 2.05) is 13.0 Å². The Morgan fingerprint density at radius 2 is 2.00 bits per heavy atom. The highest BCUT2D eigenvalue weighted by atomic mass is 32.2. The van der Waals surface area contributed by atoms with Gasteiger partial charge in [0.2, 0.25) is 5.91 Å². The molecule has 1 N–H and O–H groups in total. The first kappa shape index (κ1) is 21.5. The van der Waals surface area contributed by atoms with Crippen molar-refractivity contribution in [2.24, 2.45) is 0 Å². The molecule has 154 valence electrons. The van der Waals surface area contributed by atoms with Crippen LogP contribution < -0.4 is 10.1 Å². The summed E-state index contributed by atoms with van der Waals surface area (Å²) < 4.78 is 44.6. The lowest BCUT2D eigenvalue weighted by molar-refractivity contribution is -0.137. The number of thioether (sulfide) groups is 1. The van der Waals surface area contributed by atoms with E-state index in [0.717, 1.165) is 17.8 Å². The Morgan fingerprint density at radius 3 is 2.70 bits per heavy atom. The molecule has 1 aromatic heterocycles. The van der Waals surface area contributed by atoms with Crippen LogP contribution in [0.15, 0.2) is 53.6 Å². The van der Waals surface area contributed by atoms with E-state index in [0.29, 0.717) is 28.3 Å². The summed E-state index contributed by atoms with van der Waals surface area (Å²) in [6.45, 7) is 2.37. The summed E-state index contributed by atoms with van der Waals surface area (Å²) in [6.07, 6.45) is -4.58. The smallest absolute Gasteiger partial charge is 0.418 e. The molecule has 0 unspecified atom stereocenters. The molecule has 2 aromatic carbocycles. The fourth-order valence-electron chi connectivity index (χ4n) is 2.74. The predicted molar refractivity (Wildman–Crippen MR) is 108 cm³/mol. The minimum atomic E-state index is -4.58. The number of para-hydroxylation sites is 1. The van der Waals surface area contributed by atoms with Gasteiger partial charge in [0.25, 0.3) is 0 Å². The molecule has 9 heteroatoms. The van der Waals surface area contributed by atoms with Crippen molar-refractivity contribution in [2.45, 2.75) is 18.1 Å². The number of amides is 1. The molecule has 0 saturated carbocycles. The zero-order valence-corrected chi connectivity index (χ0v) is 16.6. The first-order valence-electron chi connectivity index (χ1n) is 8.88. The number of nitrogens with one attached hydrogen (secondary N) is 1. The first-order chi connectivity index (χ1) is 14.3. The fourth-order valence-corrected chi connectivity index (χ4v) is 3.51. The second-order valence-corrected chi connectivity index (χ2v) is 7.08. The quantitative estimate of drug-likeness (QED) is 0.539. The highest BCUT2D eigenvalue weighted by Crippen LogP contribution is 2.34. The summed E-state index contributed by atoms with van der Waals surface area (Å²) in [5.74, 6) is -0.177. The second-order valence-electron chi connectivity index (χ2n) is 6.12. The monoisotopic (exact) mass is 431 g/mol. The number of aromatic nitrogens is 1. The lowest BCUT2D eigenvalue weighted by Crippen LogP contribution is -2.18. The van der Waals surface area contributed by atoms with Crippen LogP contribution in [0.25, 0.3) is 10.9 Å². The van der Waals surface area contributed by atoms with Gasteiger partial charge in [-0.1, -0.05) is 23.9 Å². The van der Waals surface area contributed by atoms with E-state index in [9.17, 15) is 23.2 Å². The number of hydrogen-bond donors (Lipinski definition) is 1. The van der Waals surface area contributed by atoms with E-state index in [-0.39, 0.29) is 17.0 Å². The van der Waals surface area contributed by atoms with Crippen molar-refractivity contribution in [3.8, 4) is 11.8 Å². The molecule has 0 bridgehead atoms. The van der Waals surface area contributed by atoms with Gasteiger partial charge in [-0.15, -0.1) is 0 Å². The van der Waals surface area contributed by atoms with E-state index in [2.05, 4.69) is 10.3 Å². The van der Waals surface area contributed by atoms with Gasteiger partial charge in [0.15, 0.2) is 0 Å². The third kappa shape index (κ3) is 5.02. The lowest BCUT2D eigenvalue weighted by Gasteiger charge is -2.13. The standard InChI is InChI=1S/C21H16F3N3O2S/c1-2-29-15-7-8-17-13(10-15)9-14(11-25)20(27-17)30-12-19(28)26-18-6-4-3-5-16(18)21(22,23)24/h3-10H,2,12H2,1H3,(H,26,28). The highest BCUT2D eigenvalue weighted by molar-refractivity contribution is 8.00. The van der Waals surface area contributed by atoms with Crippen LogP contribution in [-0.2, 0) is 11.0 Å². The Balaban J connectivity index is 1.76. The minimum absolute atomic E-state index is 0.198. The SMILES string of the molecule is CCOc1ccc2nc(SCC(=O)Nc3ccccc3C(F)(F)F)c(C#N)cc2c1. The summed E-state index contributed by atoms with van der Waals surface area (Å²) in [4.78, 5) is 16.6. The van der Waals surface area contributed by atoms with Crippen LogP contribution in [0.3, 0.4) is 0 Å². The lowest BCUT2D eigenvalue weighted by atomic mass is 10.1. The average molecular weight is 431 g/mol. The number of pyridine rings is 1. The molecule has 1 heterocycles. The summed E-state index contributed by atoms with van der Waals surface area (Å²) in [5, 5.41) is 12.7. The van der Waals surface area contributed by atoms with Gasteiger partial charge in [-0.2, -0.15) is 18.4 Å². The molecule has 0 fully saturated rings. The van der Waals surface area contributed by atoms with Crippen LogP contribution >= 0.6 is 11.8 Å². The van der Waals surface area contributed by atoms with Crippen LogP contribution in [-0.4, -0.2) is 23.3 Å². The van der Waals surface area contributed by atoms with Crippen molar-refractivity contribution in [3.05, 3.63) is 59.7 Å². The Morgan fingerprint density at radius 1 is 1.23 bits per heavy atom. The van der Waals surface area contributed by atoms with E-state index in [1.54, 1.807) is 24.3 Å². The molecule has 0 aliphatic rings. The summed E-state index contributed by atoms with van der Waals surface area (Å²) in [7, 11) is 0. The predicted octanol–water partition coefficient (Wildman–Crippen LogP) is 5.25. The number of fused-ring (bicyclic) bond motifs is 1. The van der Waals surface area contributed by atoms with Gasteiger partial charge in [-0.05, 0) is 43.3 Å². The maximum absolute atomic E-state index is 13.1. The van der Waals surface area contributed by atoms with E-state index < -0.39 is 17.6 Å². The molecule has 3 rings (SSSR count). The van der Waals surface area contributed by atoms with E-state index in [1.165, 1.54) is 18.2 Å². The van der Waals surface area contributed by atoms with Crippen molar-refractivity contribution >= 4 is 34.3 Å². The highest BCUT2D eigenvalue weighted by Gasteiger charge is 2.33. The van der Waals surface area contributed by atoms with Gasteiger partial charge in [-0.25, -0.2) is 4.98 Å². The molecule has 0 spiro atoms. The third-order valence-corrected chi connectivity index (χ3v) is 5.02. The van der Waals surface area contributed by atoms with Crippen LogP contribution in [0, 0.1) is 11.3 Å². The van der Waals surface area contributed by atoms with Crippen LogP contribution in [0.4, 0.5) is 18.9 Å². The van der Waals surface area contributed by atoms with Gasteiger partial charge in [0.05, 0.1) is 34.7 Å². The van der Waals surface area contributed by atoms with Crippen molar-refractivity contribution in [2.75, 3.05) is 17.7 Å². The molecule has 0 atom stereocenters. The maximum atomic E-state index is 13.1. The number of carbonyl (C=O) groups excluding carboxylic acids is 1. The molecular weight excluding hydrogens is 415 g/mol. The van der Waals surface area contributed by atoms with Crippen molar-refractivity contribution in [1.29, 1.82) is 5.26 Å². The third-order valence-electron chi connectivity index (χ3n) is 4.03. The number of alkyl halides is 3. The molecule has 0 saturated heterocycles. The zero-order valence-electron chi connectivity index (χ0n) is 15.8. The van der Waals surface area contributed by atoms with Gasteiger partial charge >= 0.3 is 6.18 Å². The Labute approximate surface area is 174 Å². The van der Waals surface area contributed by atoms with Crippen molar-refractivity contribution in [3.63, 3.8) is 0 Å². The van der Waals surface area contributed by atoms with E-state index >= 15 is 0 Å². The maximum Gasteiger partial charge on any atom is 0.418 e. The molecule has 1 amide bonds. The number of carbonyl (C=O) groups is 1. The number of anilines is 1. The fraction of sp³-hybridized carbons (Fsp3) is 0.190. The van der Waals surface area contributed by atoms with Gasteiger partial charge in [-0.3, -0.25) is 4.79 Å². The van der Waals surface area contributed by atoms with Crippen LogP contribution in [0.2, 0.25) is 0 Å². The Bertz CT molecular complexity index is 1130. The zero-order chi connectivity index (χ0) is 21.7. The normalized spacial score (nSPS) is 11.2. The van der Waals surface area contributed by atoms with Crippen molar-refractivity contribution < 1.29 is 22.7 Å². The number of nitrogens with zero attached hydrogens (tertiary/aromatic N) is 2. The molecule has 30 heavy (non-hydrogen) atoms. The van der Waals surface area contributed by atoms with Crippen molar-refractivity contribution in [1.82, 2.24) is 4.98 Å². The minimum Gasteiger partial charge on any atom is -0.494 e. The number of ether oxygens (including phenoxy) is 1. The number of nitriles is 1. The van der Waals surface area contributed by atoms with Crippen LogP contribution in [0.5, 0.6) is 5.75 Å². The summed E-state index contributed by atoms with van der Waals surface area (Å²) >= 11 is 0.983. The van der Waals surface area contributed by atoms with Gasteiger partial charge in [0, 0.05) is 5.39 Å². The molecule has 3 aromatic rings. The van der Waals surface area contributed by atoms with E-state index in [4.69, 9.17) is 4.74 Å². The molecule has 5 nitrogen and oxygen atoms in total. The molecule has 0 aliphatic carbocycles. The topological polar surface area (TPSA) is 75.0 Å². The number of halogens is 3. The summed E-state index contributed by atoms with van der Waals surface area (Å²) in [5.41, 5.74) is -0.353. The molecule has 0 radical (unpaired) electrons. The average Bonchev–Trinajstić information content (AvgIpc) is 2.71. The summed E-state index contributed by atoms with van der Waals surface area (Å²) in [6, 6.07) is 13.7. The second kappa shape index (κ2) is 9.05. The Hall–Kier alpha value is -3.25. The van der Waals surface area contributed by atoms with Gasteiger partial charge < -0.3 is 10.1 Å². The first-order valence-corrected chi connectivity index (χ1v) is 9.87. The largest absolute Gasteiger partial charge is 0.494 e. The van der Waals surface area contributed by atoms with Crippen LogP contribution in [0.1, 0.15) is 18.1 Å². The molecule has 0 aliphatic heterocycles. The van der Waals surface area contributed by atoms with Gasteiger partial charge in [0.1, 0.15) is 16.8 Å². The molecular formula is C21H16F3N3O2S. The Kier molecular flexibility index (Phi) is 6.47. The number of rotatable bonds is 6. The number of hydrogen-bond acceptors (Lipinski definition) is 5.